The van der Waals surface area contributed by atoms with Crippen molar-refractivity contribution in [3.8, 4) is 0 Å². The maximum Gasteiger partial charge on any atom is 0.299 e. The number of hydrogen-bond donors (Lipinski definition) is 3. The lowest BCUT2D eigenvalue weighted by molar-refractivity contribution is -0.347. The largest absolute Gasteiger partial charge is 0.317 e. The van der Waals surface area contributed by atoms with Crippen LogP contribution >= 0.6 is 0 Å². The Morgan fingerprint density at radius 2 is 1.75 bits per heavy atom. The number of carbonyl (C=O) groups is 1. The number of H-pyrrole nitrogens is 2. The highest BCUT2D eigenvalue weighted by atomic mass is 32.2. The first-order chi connectivity index (χ1) is 15.2. The van der Waals surface area contributed by atoms with Crippen LogP contribution in [-0.2, 0) is 10.0 Å². The number of amides is 1. The normalized spacial score (nSPS) is 11.5. The Balaban J connectivity index is 1.66. The van der Waals surface area contributed by atoms with Crippen LogP contribution in [0.3, 0.4) is 0 Å². The van der Waals surface area contributed by atoms with E-state index in [1.807, 2.05) is 5.32 Å². The second kappa shape index (κ2) is 7.92. The number of anilines is 2. The van der Waals surface area contributed by atoms with E-state index in [4.69, 9.17) is 0 Å². The van der Waals surface area contributed by atoms with Gasteiger partial charge in [0.1, 0.15) is 29.3 Å². The minimum atomic E-state index is -4.92. The first kappa shape index (κ1) is 21.2. The number of rotatable bonds is 5. The lowest BCUT2D eigenvalue weighted by atomic mass is 10.2. The number of nitrogens with zero attached hydrogens (tertiary/aromatic N) is 1. The first-order valence-electron chi connectivity index (χ1n) is 8.78. The average molecular weight is 466 g/mol. The fraction of sp³-hybridized carbons (Fsp3) is 0. The Hall–Kier alpha value is -4.00. The summed E-state index contributed by atoms with van der Waals surface area (Å²) in [5, 5.41) is 2.00. The molecule has 4 rings (SSSR count). The van der Waals surface area contributed by atoms with Gasteiger partial charge in [-0.2, -0.15) is 0 Å². The van der Waals surface area contributed by atoms with Crippen LogP contribution < -0.4 is 15.0 Å². The highest BCUT2D eigenvalue weighted by Crippen LogP contribution is 2.29. The summed E-state index contributed by atoms with van der Waals surface area (Å²) in [5.41, 5.74) is -0.964. The van der Waals surface area contributed by atoms with Crippen LogP contribution in [0.25, 0.3) is 11.2 Å². The molecule has 2 aromatic carbocycles. The summed E-state index contributed by atoms with van der Waals surface area (Å²) < 4.78 is 83.2. The molecule has 0 saturated heterocycles. The number of fused-ring (bicyclic) bond motifs is 1. The monoisotopic (exact) mass is 466 g/mol. The van der Waals surface area contributed by atoms with E-state index in [9.17, 15) is 30.8 Å². The van der Waals surface area contributed by atoms with E-state index < -0.39 is 55.5 Å². The third kappa shape index (κ3) is 3.85. The van der Waals surface area contributed by atoms with Crippen molar-refractivity contribution in [2.75, 3.05) is 10.0 Å². The van der Waals surface area contributed by atoms with Crippen LogP contribution in [0.15, 0.2) is 53.8 Å². The Kier molecular flexibility index (Phi) is 5.26. The molecule has 0 bridgehead atoms. The predicted octanol–water partition coefficient (Wildman–Crippen LogP) is 2.99. The van der Waals surface area contributed by atoms with Crippen LogP contribution in [0.2, 0.25) is 0 Å². The highest BCUT2D eigenvalue weighted by molar-refractivity contribution is 7.92. The zero-order valence-corrected chi connectivity index (χ0v) is 16.5. The number of pyridine rings is 1. The van der Waals surface area contributed by atoms with Crippen LogP contribution in [0.1, 0.15) is 10.4 Å². The van der Waals surface area contributed by atoms with Crippen LogP contribution in [0.5, 0.6) is 0 Å². The molecule has 0 spiro atoms. The van der Waals surface area contributed by atoms with E-state index in [0.29, 0.717) is 35.4 Å². The molecule has 13 heteroatoms. The standard InChI is InChI=1S/C19H11F4N5O3S/c20-10-4-5-13(28-32(30,31)17-11(21)2-1-3-12(17)22)15(23)16(10)27-19(29)9-6-14-18(24-7-9)26-8-25-14/h1-8,28H,(H,27,29)(H,24,25,26)/p+1. The minimum absolute atomic E-state index is 0.0495. The number of imidazole rings is 1. The highest BCUT2D eigenvalue weighted by Gasteiger charge is 2.27. The van der Waals surface area contributed by atoms with Gasteiger partial charge in [0.2, 0.25) is 0 Å². The topological polar surface area (TPSA) is 118 Å². The Labute approximate surface area is 177 Å². The molecular formula is C19H12F4N5O3S+. The number of carbonyl (C=O) groups excluding carboxylic acids is 1. The van der Waals surface area contributed by atoms with Crippen LogP contribution in [0, 0.1) is 23.3 Å². The molecule has 0 aliphatic carbocycles. The number of benzene rings is 2. The van der Waals surface area contributed by atoms with Crippen molar-refractivity contribution in [1.29, 1.82) is 0 Å². The van der Waals surface area contributed by atoms with E-state index in [0.717, 1.165) is 12.3 Å². The minimum Gasteiger partial charge on any atom is -0.317 e. The molecule has 32 heavy (non-hydrogen) atoms. The fourth-order valence-electron chi connectivity index (χ4n) is 2.86. The fourth-order valence-corrected chi connectivity index (χ4v) is 4.06. The van der Waals surface area contributed by atoms with Gasteiger partial charge in [-0.15, -0.1) is 4.98 Å². The molecule has 0 atom stereocenters. The smallest absolute Gasteiger partial charge is 0.299 e. The molecule has 8 nitrogen and oxygen atoms in total. The average Bonchev–Trinajstić information content (AvgIpc) is 3.20. The van der Waals surface area contributed by atoms with E-state index in [2.05, 4.69) is 15.0 Å². The third-order valence-corrected chi connectivity index (χ3v) is 5.76. The number of halogens is 4. The van der Waals surface area contributed by atoms with E-state index in [-0.39, 0.29) is 5.56 Å². The third-order valence-electron chi connectivity index (χ3n) is 4.35. The second-order valence-corrected chi connectivity index (χ2v) is 8.07. The van der Waals surface area contributed by atoms with Gasteiger partial charge in [0, 0.05) is 0 Å². The zero-order chi connectivity index (χ0) is 23.0. The van der Waals surface area contributed by atoms with Gasteiger partial charge in [0.15, 0.2) is 22.6 Å². The molecule has 0 aliphatic rings. The van der Waals surface area contributed by atoms with Crippen molar-refractivity contribution < 1.29 is 35.8 Å². The first-order valence-corrected chi connectivity index (χ1v) is 10.3. The molecule has 1 amide bonds. The van der Waals surface area contributed by atoms with E-state index in [1.54, 1.807) is 4.72 Å². The van der Waals surface area contributed by atoms with Gasteiger partial charge >= 0.3 is 0 Å². The molecular weight excluding hydrogens is 454 g/mol. The Morgan fingerprint density at radius 1 is 1.03 bits per heavy atom. The number of hydrogen-bond acceptors (Lipinski definition) is 4. The lowest BCUT2D eigenvalue weighted by Gasteiger charge is -2.13. The molecule has 164 valence electrons. The van der Waals surface area contributed by atoms with Crippen molar-refractivity contribution in [2.45, 2.75) is 4.90 Å². The van der Waals surface area contributed by atoms with Gasteiger partial charge in [0.25, 0.3) is 21.6 Å². The number of sulfonamides is 1. The Morgan fingerprint density at radius 3 is 2.47 bits per heavy atom. The summed E-state index contributed by atoms with van der Waals surface area (Å²) in [6.45, 7) is 0. The van der Waals surface area contributed by atoms with E-state index in [1.165, 1.54) is 12.4 Å². The quantitative estimate of drug-likeness (QED) is 0.392. The van der Waals surface area contributed by atoms with Crippen LogP contribution in [-0.4, -0.2) is 24.3 Å². The van der Waals surface area contributed by atoms with Gasteiger partial charge in [-0.05, 0) is 30.3 Å². The van der Waals surface area contributed by atoms with Gasteiger partial charge in [-0.1, -0.05) is 6.07 Å². The van der Waals surface area contributed by atoms with Gasteiger partial charge in [-0.3, -0.25) is 14.5 Å². The van der Waals surface area contributed by atoms with E-state index >= 15 is 0 Å². The molecule has 4 N–H and O–H groups in total. The second-order valence-electron chi connectivity index (χ2n) is 6.45. The summed E-state index contributed by atoms with van der Waals surface area (Å²) in [4.78, 5) is 20.6. The van der Waals surface area contributed by atoms with Gasteiger partial charge < -0.3 is 5.32 Å². The van der Waals surface area contributed by atoms with Crippen molar-refractivity contribution in [3.05, 3.63) is 77.8 Å². The Bertz CT molecular complexity index is 1450. The summed E-state index contributed by atoms with van der Waals surface area (Å²) in [6.07, 6.45) is 2.62. The molecule has 2 aromatic heterocycles. The molecule has 2 heterocycles. The molecule has 0 saturated carbocycles. The number of nitrogens with one attached hydrogen (secondary N) is 4. The number of aromatic nitrogens is 3. The summed E-state index contributed by atoms with van der Waals surface area (Å²) in [5.74, 6) is -6.46. The van der Waals surface area contributed by atoms with Crippen molar-refractivity contribution in [3.63, 3.8) is 0 Å². The molecule has 0 unspecified atom stereocenters. The number of aromatic amines is 2. The molecule has 0 fully saturated rings. The maximum atomic E-state index is 14.9. The van der Waals surface area contributed by atoms with Crippen LogP contribution in [0.4, 0.5) is 28.9 Å². The molecule has 4 aromatic rings. The molecule has 0 radical (unpaired) electrons. The summed E-state index contributed by atoms with van der Waals surface area (Å²) >= 11 is 0. The van der Waals surface area contributed by atoms with Crippen molar-refractivity contribution in [2.24, 2.45) is 0 Å². The van der Waals surface area contributed by atoms with Gasteiger partial charge in [-0.25, -0.2) is 31.0 Å². The lowest BCUT2D eigenvalue weighted by Crippen LogP contribution is -2.19. The predicted molar refractivity (Wildman–Crippen MR) is 104 cm³/mol. The van der Waals surface area contributed by atoms with Gasteiger partial charge in [0.05, 0.1) is 11.3 Å². The van der Waals surface area contributed by atoms with Crippen molar-refractivity contribution >= 4 is 38.5 Å². The summed E-state index contributed by atoms with van der Waals surface area (Å²) in [6, 6.07) is 5.12. The maximum absolute atomic E-state index is 14.9. The summed E-state index contributed by atoms with van der Waals surface area (Å²) in [7, 11) is -4.92. The molecule has 0 aliphatic heterocycles. The SMILES string of the molecule is O=C(Nc1c(F)ccc(NS(=O)(=O)c2c(F)cccc2F)c1F)c1cnc2[nH+]c[nH]c2c1. The zero-order valence-electron chi connectivity index (χ0n) is 15.7. The van der Waals surface area contributed by atoms with Crippen molar-refractivity contribution in [1.82, 2.24) is 9.97 Å².